The van der Waals surface area contributed by atoms with E-state index in [2.05, 4.69) is 15.9 Å². The number of carbonyl (C=O) groups excluding carboxylic acids is 1. The van der Waals surface area contributed by atoms with Gasteiger partial charge in [0, 0.05) is 80.9 Å². The summed E-state index contributed by atoms with van der Waals surface area (Å²) in [4.78, 5) is 18.3. The zero-order valence-corrected chi connectivity index (χ0v) is 23.5. The first kappa shape index (κ1) is 29.0. The monoisotopic (exact) mass is 584 g/mol. The first-order valence-corrected chi connectivity index (χ1v) is 14.3. The van der Waals surface area contributed by atoms with Gasteiger partial charge in [-0.1, -0.05) is 24.3 Å². The van der Waals surface area contributed by atoms with Gasteiger partial charge >= 0.3 is 5.51 Å². The molecule has 41 heavy (non-hydrogen) atoms. The number of alkyl halides is 3. The van der Waals surface area contributed by atoms with Crippen LogP contribution in [0.2, 0.25) is 0 Å². The molecule has 0 bridgehead atoms. The van der Waals surface area contributed by atoms with E-state index in [9.17, 15) is 28.3 Å². The van der Waals surface area contributed by atoms with Crippen molar-refractivity contribution in [1.29, 1.82) is 5.26 Å². The SMILES string of the molecule is CC(=O)N1CCc2c(c(-c3ccc(SC(F)(F)F)cc3)nn2CC(O)CN2CCN(c3ccccc3C#N)CC2)C1. The molecule has 1 amide bonds. The van der Waals surface area contributed by atoms with Gasteiger partial charge in [0.1, 0.15) is 6.07 Å². The molecule has 1 N–H and O–H groups in total. The van der Waals surface area contributed by atoms with Crippen molar-refractivity contribution in [3.05, 3.63) is 65.4 Å². The highest BCUT2D eigenvalue weighted by atomic mass is 32.2. The van der Waals surface area contributed by atoms with E-state index >= 15 is 0 Å². The number of anilines is 1. The van der Waals surface area contributed by atoms with Crippen LogP contribution in [-0.2, 0) is 24.3 Å². The van der Waals surface area contributed by atoms with Crippen molar-refractivity contribution in [3.63, 3.8) is 0 Å². The van der Waals surface area contributed by atoms with Gasteiger partial charge in [-0.25, -0.2) is 0 Å². The first-order chi connectivity index (χ1) is 19.6. The highest BCUT2D eigenvalue weighted by Gasteiger charge is 2.30. The number of aromatic nitrogens is 2. The van der Waals surface area contributed by atoms with E-state index in [4.69, 9.17) is 5.10 Å². The molecule has 2 aliphatic rings. The molecule has 2 aromatic carbocycles. The van der Waals surface area contributed by atoms with Gasteiger partial charge in [-0.3, -0.25) is 14.4 Å². The van der Waals surface area contributed by atoms with Gasteiger partial charge in [-0.15, -0.1) is 0 Å². The molecule has 0 saturated carbocycles. The smallest absolute Gasteiger partial charge is 0.390 e. The summed E-state index contributed by atoms with van der Waals surface area (Å²) in [6.07, 6.45) is -0.116. The lowest BCUT2D eigenvalue weighted by Crippen LogP contribution is -2.49. The molecule has 1 fully saturated rings. The number of aliphatic hydroxyl groups is 1. The second kappa shape index (κ2) is 12.1. The number of thioether (sulfide) groups is 1. The number of halogens is 3. The van der Waals surface area contributed by atoms with Crippen LogP contribution in [0.25, 0.3) is 11.3 Å². The maximum Gasteiger partial charge on any atom is 0.446 e. The van der Waals surface area contributed by atoms with Crippen molar-refractivity contribution >= 4 is 23.4 Å². The minimum atomic E-state index is -4.37. The number of nitrogens with zero attached hydrogens (tertiary/aromatic N) is 6. The fourth-order valence-corrected chi connectivity index (χ4v) is 6.07. The van der Waals surface area contributed by atoms with E-state index in [1.165, 1.54) is 19.1 Å². The molecular formula is C29H31F3N6O2S. The largest absolute Gasteiger partial charge is 0.446 e. The molecule has 3 heterocycles. The second-order valence-corrected chi connectivity index (χ2v) is 11.4. The summed E-state index contributed by atoms with van der Waals surface area (Å²) in [6.45, 7) is 6.12. The lowest BCUT2D eigenvalue weighted by atomic mass is 10.0. The predicted molar refractivity (Wildman–Crippen MR) is 150 cm³/mol. The number of amides is 1. The number of hydrogen-bond acceptors (Lipinski definition) is 7. The zero-order chi connectivity index (χ0) is 29.1. The Labute approximate surface area is 240 Å². The molecule has 0 spiro atoms. The Hall–Kier alpha value is -3.53. The van der Waals surface area contributed by atoms with E-state index in [-0.39, 0.29) is 29.1 Å². The van der Waals surface area contributed by atoms with Crippen molar-refractivity contribution in [3.8, 4) is 17.3 Å². The van der Waals surface area contributed by atoms with Crippen molar-refractivity contribution in [2.45, 2.75) is 42.9 Å². The average molecular weight is 585 g/mol. The Morgan fingerprint density at radius 2 is 1.78 bits per heavy atom. The number of rotatable bonds is 7. The summed E-state index contributed by atoms with van der Waals surface area (Å²) in [6, 6.07) is 15.9. The lowest BCUT2D eigenvalue weighted by Gasteiger charge is -2.37. The van der Waals surface area contributed by atoms with E-state index in [1.807, 2.05) is 24.3 Å². The van der Waals surface area contributed by atoms with E-state index < -0.39 is 11.6 Å². The molecule has 216 valence electrons. The van der Waals surface area contributed by atoms with Crippen molar-refractivity contribution in [1.82, 2.24) is 19.6 Å². The third kappa shape index (κ3) is 6.86. The number of hydrogen-bond donors (Lipinski definition) is 1. The minimum absolute atomic E-state index is 0.0529. The van der Waals surface area contributed by atoms with Crippen LogP contribution in [-0.4, -0.2) is 81.5 Å². The summed E-state index contributed by atoms with van der Waals surface area (Å²) < 4.78 is 40.2. The molecule has 0 radical (unpaired) electrons. The van der Waals surface area contributed by atoms with Crippen molar-refractivity contribution in [2.24, 2.45) is 0 Å². The predicted octanol–water partition coefficient (Wildman–Crippen LogP) is 4.12. The number of benzene rings is 2. The summed E-state index contributed by atoms with van der Waals surface area (Å²) in [5, 5.41) is 25.3. The molecule has 3 aromatic rings. The van der Waals surface area contributed by atoms with Crippen LogP contribution < -0.4 is 4.90 Å². The fraction of sp³-hybridized carbons (Fsp3) is 0.414. The number of aliphatic hydroxyl groups excluding tert-OH is 1. The summed E-state index contributed by atoms with van der Waals surface area (Å²) in [7, 11) is 0. The highest BCUT2D eigenvalue weighted by Crippen LogP contribution is 2.38. The topological polar surface area (TPSA) is 88.6 Å². The van der Waals surface area contributed by atoms with E-state index in [0.29, 0.717) is 42.9 Å². The highest BCUT2D eigenvalue weighted by molar-refractivity contribution is 8.00. The van der Waals surface area contributed by atoms with Crippen molar-refractivity contribution < 1.29 is 23.1 Å². The Morgan fingerprint density at radius 1 is 1.07 bits per heavy atom. The molecule has 12 heteroatoms. The van der Waals surface area contributed by atoms with Gasteiger partial charge < -0.3 is 14.9 Å². The quantitative estimate of drug-likeness (QED) is 0.418. The molecule has 1 unspecified atom stereocenters. The van der Waals surface area contributed by atoms with Gasteiger partial charge in [0.25, 0.3) is 0 Å². The Morgan fingerprint density at radius 3 is 2.44 bits per heavy atom. The number of para-hydroxylation sites is 1. The van der Waals surface area contributed by atoms with Gasteiger partial charge in [0.05, 0.1) is 29.6 Å². The van der Waals surface area contributed by atoms with Gasteiger partial charge in [-0.2, -0.15) is 23.5 Å². The molecule has 2 aliphatic heterocycles. The standard InChI is InChI=1S/C29H31F3N6O2S/c1-20(39)37-11-10-27-25(19-37)28(21-6-8-24(9-7-21)41-29(30,31)32)34-38(27)18-23(40)17-35-12-14-36(15-13-35)26-5-3-2-4-22(26)16-33/h2-9,23,40H,10-15,17-19H2,1H3. The van der Waals surface area contributed by atoms with Crippen LogP contribution in [0.1, 0.15) is 23.7 Å². The maximum atomic E-state index is 12.8. The maximum absolute atomic E-state index is 12.8. The van der Waals surface area contributed by atoms with Crippen molar-refractivity contribution in [2.75, 3.05) is 44.2 Å². The fourth-order valence-electron chi connectivity index (χ4n) is 5.53. The number of carbonyl (C=O) groups is 1. The van der Waals surface area contributed by atoms with E-state index in [0.717, 1.165) is 43.1 Å². The lowest BCUT2D eigenvalue weighted by molar-refractivity contribution is -0.129. The van der Waals surface area contributed by atoms with E-state index in [1.54, 1.807) is 21.7 Å². The minimum Gasteiger partial charge on any atom is -0.390 e. The van der Waals surface area contributed by atoms with Crippen LogP contribution in [0.4, 0.5) is 18.9 Å². The molecule has 0 aliphatic carbocycles. The molecule has 1 atom stereocenters. The third-order valence-electron chi connectivity index (χ3n) is 7.53. The van der Waals surface area contributed by atoms with Gasteiger partial charge in [0.15, 0.2) is 0 Å². The normalized spacial score (nSPS) is 16.8. The molecule has 8 nitrogen and oxygen atoms in total. The Bertz CT molecular complexity index is 1430. The third-order valence-corrected chi connectivity index (χ3v) is 8.27. The molecule has 1 aromatic heterocycles. The van der Waals surface area contributed by atoms with Gasteiger partial charge in [0.2, 0.25) is 5.91 Å². The number of nitriles is 1. The van der Waals surface area contributed by atoms with Crippen LogP contribution in [0.15, 0.2) is 53.4 Å². The van der Waals surface area contributed by atoms with Crippen LogP contribution in [0.3, 0.4) is 0 Å². The summed E-state index contributed by atoms with van der Waals surface area (Å²) in [5.74, 6) is -0.0529. The van der Waals surface area contributed by atoms with Crippen LogP contribution in [0, 0.1) is 11.3 Å². The number of β-amino-alcohol motifs (C(OH)–C–C–N with tert-alkyl or cyclic N) is 1. The number of piperazine rings is 1. The second-order valence-electron chi connectivity index (χ2n) is 10.3. The molecule has 5 rings (SSSR count). The Balaban J connectivity index is 1.28. The number of fused-ring (bicyclic) bond motifs is 1. The summed E-state index contributed by atoms with van der Waals surface area (Å²) >= 11 is -0.165. The van der Waals surface area contributed by atoms with Crippen LogP contribution in [0.5, 0.6) is 0 Å². The van der Waals surface area contributed by atoms with Crippen LogP contribution >= 0.6 is 11.8 Å². The first-order valence-electron chi connectivity index (χ1n) is 13.5. The molecular weight excluding hydrogens is 553 g/mol. The zero-order valence-electron chi connectivity index (χ0n) is 22.6. The molecule has 1 saturated heterocycles. The summed E-state index contributed by atoms with van der Waals surface area (Å²) in [5.41, 5.74) is 0.288. The van der Waals surface area contributed by atoms with Gasteiger partial charge in [-0.05, 0) is 36.0 Å². The average Bonchev–Trinajstić information content (AvgIpc) is 3.30. The Kier molecular flexibility index (Phi) is 8.58.